The minimum absolute atomic E-state index is 0.522. The second kappa shape index (κ2) is 3.85. The van der Waals surface area contributed by atoms with Gasteiger partial charge in [-0.15, -0.1) is 6.58 Å². The van der Waals surface area contributed by atoms with Crippen LogP contribution in [0.1, 0.15) is 12.5 Å². The molecule has 0 aliphatic carbocycles. The molecule has 82 valence electrons. The highest BCUT2D eigenvalue weighted by atomic mass is 15.1. The number of hydrogen-bond donors (Lipinski definition) is 1. The summed E-state index contributed by atoms with van der Waals surface area (Å²) in [5.41, 5.74) is 9.90. The Morgan fingerprint density at radius 2 is 2.31 bits per heavy atom. The molecule has 0 bridgehead atoms. The van der Waals surface area contributed by atoms with Gasteiger partial charge in [0, 0.05) is 6.54 Å². The Bertz CT molecular complexity index is 564. The molecule has 2 N–H and O–H groups in total. The van der Waals surface area contributed by atoms with Crippen molar-refractivity contribution in [3.05, 3.63) is 43.0 Å². The van der Waals surface area contributed by atoms with Gasteiger partial charge in [0.1, 0.15) is 0 Å². The van der Waals surface area contributed by atoms with Crippen LogP contribution in [0.25, 0.3) is 16.6 Å². The molecule has 0 aliphatic heterocycles. The number of rotatable bonds is 3. The van der Waals surface area contributed by atoms with Crippen molar-refractivity contribution in [3.8, 4) is 0 Å². The summed E-state index contributed by atoms with van der Waals surface area (Å²) in [4.78, 5) is 4.33. The number of aromatic nitrogens is 2. The lowest BCUT2D eigenvalue weighted by Crippen LogP contribution is -2.00. The Kier molecular flexibility index (Phi) is 2.52. The molecule has 0 spiro atoms. The number of nitrogen functional groups attached to an aromatic ring is 1. The lowest BCUT2D eigenvalue weighted by atomic mass is 10.1. The van der Waals surface area contributed by atoms with Crippen LogP contribution in [0, 0.1) is 0 Å². The maximum Gasteiger partial charge on any atom is 0.201 e. The molecule has 0 amide bonds. The Balaban J connectivity index is 2.64. The third-order valence-electron chi connectivity index (χ3n) is 2.58. The topological polar surface area (TPSA) is 43.8 Å². The predicted molar refractivity (Wildman–Crippen MR) is 69.1 cm³/mol. The molecule has 0 saturated carbocycles. The summed E-state index contributed by atoms with van der Waals surface area (Å²) < 4.78 is 1.94. The standard InChI is InChI=1S/C13H15N3/c1-4-7-16-12-6-5-10(9(2)3)8-11(12)15-13(16)14/h4-6,8H,1-2,7H2,3H3,(H2,14,15). The third-order valence-corrected chi connectivity index (χ3v) is 2.58. The molecule has 3 nitrogen and oxygen atoms in total. The number of nitrogens with two attached hydrogens (primary N) is 1. The van der Waals surface area contributed by atoms with Crippen molar-refractivity contribution < 1.29 is 0 Å². The van der Waals surface area contributed by atoms with Crippen LogP contribution in [0.4, 0.5) is 5.95 Å². The summed E-state index contributed by atoms with van der Waals surface area (Å²) in [6.07, 6.45) is 1.81. The molecular weight excluding hydrogens is 198 g/mol. The van der Waals surface area contributed by atoms with Gasteiger partial charge in [0.05, 0.1) is 11.0 Å². The lowest BCUT2D eigenvalue weighted by Gasteiger charge is -2.03. The van der Waals surface area contributed by atoms with E-state index in [9.17, 15) is 0 Å². The largest absolute Gasteiger partial charge is 0.369 e. The monoisotopic (exact) mass is 213 g/mol. The van der Waals surface area contributed by atoms with Gasteiger partial charge < -0.3 is 10.3 Å². The van der Waals surface area contributed by atoms with Crippen LogP contribution in [0.3, 0.4) is 0 Å². The normalized spacial score (nSPS) is 10.6. The highest BCUT2D eigenvalue weighted by Gasteiger charge is 2.07. The molecule has 3 heteroatoms. The van der Waals surface area contributed by atoms with E-state index < -0.39 is 0 Å². The summed E-state index contributed by atoms with van der Waals surface area (Å²) in [6.45, 7) is 10.3. The van der Waals surface area contributed by atoms with Crippen molar-refractivity contribution in [2.75, 3.05) is 5.73 Å². The predicted octanol–water partition coefficient (Wildman–Crippen LogP) is 2.84. The average molecular weight is 213 g/mol. The van der Waals surface area contributed by atoms with E-state index >= 15 is 0 Å². The van der Waals surface area contributed by atoms with Crippen molar-refractivity contribution in [1.29, 1.82) is 0 Å². The minimum atomic E-state index is 0.522. The first-order valence-electron chi connectivity index (χ1n) is 5.16. The number of fused-ring (bicyclic) bond motifs is 1. The fourth-order valence-electron chi connectivity index (χ4n) is 1.73. The average Bonchev–Trinajstić information content (AvgIpc) is 2.55. The second-order valence-corrected chi connectivity index (χ2v) is 3.85. The van der Waals surface area contributed by atoms with Gasteiger partial charge in [0.2, 0.25) is 5.95 Å². The highest BCUT2D eigenvalue weighted by molar-refractivity contribution is 5.82. The quantitative estimate of drug-likeness (QED) is 0.797. The highest BCUT2D eigenvalue weighted by Crippen LogP contribution is 2.22. The molecule has 0 unspecified atom stereocenters. The van der Waals surface area contributed by atoms with Crippen LogP contribution in [0.15, 0.2) is 37.4 Å². The van der Waals surface area contributed by atoms with Crippen molar-refractivity contribution in [2.24, 2.45) is 0 Å². The first-order chi connectivity index (χ1) is 7.63. The number of allylic oxidation sites excluding steroid dienone is 2. The Labute approximate surface area is 94.9 Å². The second-order valence-electron chi connectivity index (χ2n) is 3.85. The molecular formula is C13H15N3. The van der Waals surface area contributed by atoms with Gasteiger partial charge in [0.25, 0.3) is 0 Å². The maximum absolute atomic E-state index is 5.85. The van der Waals surface area contributed by atoms with Gasteiger partial charge in [-0.25, -0.2) is 4.98 Å². The SMILES string of the molecule is C=CCn1c(N)nc2cc(C(=C)C)ccc21. The van der Waals surface area contributed by atoms with E-state index in [2.05, 4.69) is 18.1 Å². The molecule has 0 saturated heterocycles. The van der Waals surface area contributed by atoms with E-state index in [0.717, 1.165) is 22.2 Å². The maximum atomic E-state index is 5.85. The van der Waals surface area contributed by atoms with Gasteiger partial charge in [-0.05, 0) is 24.6 Å². The zero-order valence-corrected chi connectivity index (χ0v) is 9.40. The van der Waals surface area contributed by atoms with Crippen LogP contribution in [0.2, 0.25) is 0 Å². The van der Waals surface area contributed by atoms with Crippen LogP contribution in [-0.2, 0) is 6.54 Å². The molecule has 1 aromatic heterocycles. The summed E-state index contributed by atoms with van der Waals surface area (Å²) in [5, 5.41) is 0. The first-order valence-corrected chi connectivity index (χ1v) is 5.16. The van der Waals surface area contributed by atoms with Crippen LogP contribution in [-0.4, -0.2) is 9.55 Å². The van der Waals surface area contributed by atoms with E-state index in [1.165, 1.54) is 0 Å². The smallest absolute Gasteiger partial charge is 0.201 e. The molecule has 16 heavy (non-hydrogen) atoms. The fourth-order valence-corrected chi connectivity index (χ4v) is 1.73. The first kappa shape index (κ1) is 10.5. The van der Waals surface area contributed by atoms with Gasteiger partial charge in [-0.1, -0.05) is 24.3 Å². The lowest BCUT2D eigenvalue weighted by molar-refractivity contribution is 0.866. The summed E-state index contributed by atoms with van der Waals surface area (Å²) in [6, 6.07) is 6.06. The van der Waals surface area contributed by atoms with Crippen molar-refractivity contribution in [3.63, 3.8) is 0 Å². The summed E-state index contributed by atoms with van der Waals surface area (Å²) >= 11 is 0. The zero-order chi connectivity index (χ0) is 11.7. The Morgan fingerprint density at radius 3 is 2.94 bits per heavy atom. The zero-order valence-electron chi connectivity index (χ0n) is 9.40. The number of imidazole rings is 1. The number of benzene rings is 1. The number of anilines is 1. The van der Waals surface area contributed by atoms with Crippen LogP contribution < -0.4 is 5.73 Å². The molecule has 0 fully saturated rings. The molecule has 1 heterocycles. The molecule has 0 atom stereocenters. The van der Waals surface area contributed by atoms with Gasteiger partial charge in [0.15, 0.2) is 0 Å². The third kappa shape index (κ3) is 1.60. The number of hydrogen-bond acceptors (Lipinski definition) is 2. The van der Waals surface area contributed by atoms with Crippen molar-refractivity contribution in [2.45, 2.75) is 13.5 Å². The van der Waals surface area contributed by atoms with Gasteiger partial charge in [-0.2, -0.15) is 0 Å². The Hall–Kier alpha value is -2.03. The molecule has 1 aromatic carbocycles. The van der Waals surface area contributed by atoms with Gasteiger partial charge >= 0.3 is 0 Å². The van der Waals surface area contributed by atoms with E-state index in [1.807, 2.05) is 35.8 Å². The van der Waals surface area contributed by atoms with Crippen molar-refractivity contribution >= 4 is 22.6 Å². The van der Waals surface area contributed by atoms with E-state index in [-0.39, 0.29) is 0 Å². The van der Waals surface area contributed by atoms with Crippen molar-refractivity contribution in [1.82, 2.24) is 9.55 Å². The summed E-state index contributed by atoms with van der Waals surface area (Å²) in [5.74, 6) is 0.522. The fraction of sp³-hybridized carbons (Fsp3) is 0.154. The van der Waals surface area contributed by atoms with Crippen LogP contribution in [0.5, 0.6) is 0 Å². The molecule has 2 aromatic rings. The molecule has 0 radical (unpaired) electrons. The van der Waals surface area contributed by atoms with E-state index in [0.29, 0.717) is 12.5 Å². The minimum Gasteiger partial charge on any atom is -0.369 e. The summed E-state index contributed by atoms with van der Waals surface area (Å²) in [7, 11) is 0. The van der Waals surface area contributed by atoms with E-state index in [4.69, 9.17) is 5.73 Å². The molecule has 0 aliphatic rings. The van der Waals surface area contributed by atoms with Crippen LogP contribution >= 0.6 is 0 Å². The molecule has 2 rings (SSSR count). The Morgan fingerprint density at radius 1 is 1.56 bits per heavy atom. The van der Waals surface area contributed by atoms with Gasteiger partial charge in [-0.3, -0.25) is 0 Å². The number of nitrogens with zero attached hydrogens (tertiary/aromatic N) is 2. The van der Waals surface area contributed by atoms with E-state index in [1.54, 1.807) is 0 Å².